The minimum Gasteiger partial charge on any atom is -0.508 e. The van der Waals surface area contributed by atoms with Crippen LogP contribution in [-0.2, 0) is 54.3 Å². The lowest BCUT2D eigenvalue weighted by atomic mass is 9.82. The first-order chi connectivity index (χ1) is 24.8. The Bertz CT molecular complexity index is 1690. The molecule has 1 unspecified atom stereocenters. The molecule has 2 amide bonds. The first-order valence-corrected chi connectivity index (χ1v) is 17.8. The Kier molecular flexibility index (Phi) is 12.1. The predicted octanol–water partition coefficient (Wildman–Crippen LogP) is 3.24. The number of esters is 4. The molecular formula is C37H43N3O11S. The topological polar surface area (TPSA) is 187 Å². The maximum Gasteiger partial charge on any atom is 0.333 e. The highest BCUT2D eigenvalue weighted by atomic mass is 32.2. The van der Waals surface area contributed by atoms with Crippen molar-refractivity contribution in [1.29, 1.82) is 0 Å². The summed E-state index contributed by atoms with van der Waals surface area (Å²) in [5.74, 6) is -4.01. The summed E-state index contributed by atoms with van der Waals surface area (Å²) in [7, 11) is 1.23. The monoisotopic (exact) mass is 737 g/mol. The van der Waals surface area contributed by atoms with E-state index in [1.165, 1.54) is 54.1 Å². The normalized spacial score (nSPS) is 24.0. The molecule has 2 heterocycles. The Labute approximate surface area is 305 Å². The van der Waals surface area contributed by atoms with Crippen molar-refractivity contribution in [2.75, 3.05) is 13.9 Å². The summed E-state index contributed by atoms with van der Waals surface area (Å²) in [5, 5.41) is 14.9. The summed E-state index contributed by atoms with van der Waals surface area (Å²) >= 11 is 1.33. The second-order valence-corrected chi connectivity index (χ2v) is 15.2. The molecule has 2 aliphatic heterocycles. The molecule has 0 spiro atoms. The first kappa shape index (κ1) is 38.2. The van der Waals surface area contributed by atoms with Gasteiger partial charge in [0.1, 0.15) is 35.9 Å². The molecular weight excluding hydrogens is 694 g/mol. The van der Waals surface area contributed by atoms with Crippen molar-refractivity contribution in [3.63, 3.8) is 0 Å². The fourth-order valence-electron chi connectivity index (χ4n) is 6.59. The zero-order valence-corrected chi connectivity index (χ0v) is 30.2. The maximum atomic E-state index is 13.6. The second-order valence-electron chi connectivity index (χ2n) is 13.5. The van der Waals surface area contributed by atoms with Gasteiger partial charge in [-0.2, -0.15) is 0 Å². The SMILES string of the molecule is COC(=O)C=C(C)NC(C(=O)N[C@@H]1C(=O)N2[C@@H]1SC(C)(C)[C@@H]2C(=O)OCOC(=O)C1CCC(C(=O)OCc2ccccc2)CC1)c1ccc(O)cc1. The highest BCUT2D eigenvalue weighted by Gasteiger charge is 2.64. The Morgan fingerprint density at radius 3 is 2.13 bits per heavy atom. The van der Waals surface area contributed by atoms with Crippen molar-refractivity contribution in [2.24, 2.45) is 11.8 Å². The summed E-state index contributed by atoms with van der Waals surface area (Å²) < 4.78 is 19.9. The average Bonchev–Trinajstić information content (AvgIpc) is 3.39. The van der Waals surface area contributed by atoms with Crippen LogP contribution in [0.1, 0.15) is 63.6 Å². The number of hydrogen-bond donors (Lipinski definition) is 3. The minimum atomic E-state index is -1.04. The number of fused-ring (bicyclic) bond motifs is 1. The van der Waals surface area contributed by atoms with Crippen LogP contribution in [0.2, 0.25) is 0 Å². The van der Waals surface area contributed by atoms with E-state index in [0.717, 1.165) is 5.56 Å². The van der Waals surface area contributed by atoms with Crippen LogP contribution in [0, 0.1) is 11.8 Å². The van der Waals surface area contributed by atoms with E-state index >= 15 is 0 Å². The zero-order chi connectivity index (χ0) is 37.6. The number of rotatable bonds is 13. The van der Waals surface area contributed by atoms with Crippen LogP contribution >= 0.6 is 11.8 Å². The smallest absolute Gasteiger partial charge is 0.333 e. The van der Waals surface area contributed by atoms with Crippen LogP contribution in [0.25, 0.3) is 0 Å². The van der Waals surface area contributed by atoms with E-state index in [-0.39, 0.29) is 24.2 Å². The molecule has 5 rings (SSSR count). The van der Waals surface area contributed by atoms with Crippen LogP contribution in [0.5, 0.6) is 5.75 Å². The Morgan fingerprint density at radius 1 is 0.923 bits per heavy atom. The molecule has 3 aliphatic rings. The van der Waals surface area contributed by atoms with Crippen molar-refractivity contribution in [3.05, 3.63) is 77.5 Å². The Balaban J connectivity index is 1.11. The summed E-state index contributed by atoms with van der Waals surface area (Å²) in [6.45, 7) is 4.71. The molecule has 3 fully saturated rings. The number of amides is 2. The number of hydrogen-bond acceptors (Lipinski definition) is 13. The van der Waals surface area contributed by atoms with Gasteiger partial charge in [0.25, 0.3) is 0 Å². The van der Waals surface area contributed by atoms with E-state index in [2.05, 4.69) is 15.4 Å². The molecule has 2 saturated heterocycles. The summed E-state index contributed by atoms with van der Waals surface area (Å²) in [5.41, 5.74) is 1.68. The molecule has 0 radical (unpaired) electrons. The average molecular weight is 738 g/mol. The van der Waals surface area contributed by atoms with E-state index < -0.39 is 70.7 Å². The van der Waals surface area contributed by atoms with E-state index in [1.807, 2.05) is 30.3 Å². The van der Waals surface area contributed by atoms with Gasteiger partial charge in [0.15, 0.2) is 0 Å². The fourth-order valence-corrected chi connectivity index (χ4v) is 8.21. The number of β-lactam (4-membered cyclic amide) rings is 1. The van der Waals surface area contributed by atoms with Crippen LogP contribution in [0.15, 0.2) is 66.4 Å². The number of aromatic hydroxyl groups is 1. The van der Waals surface area contributed by atoms with Crippen molar-refractivity contribution in [1.82, 2.24) is 15.5 Å². The van der Waals surface area contributed by atoms with E-state index in [4.69, 9.17) is 14.2 Å². The summed E-state index contributed by atoms with van der Waals surface area (Å²) in [6.07, 6.45) is 3.01. The van der Waals surface area contributed by atoms with Gasteiger partial charge in [-0.15, -0.1) is 11.8 Å². The molecule has 4 atom stereocenters. The third kappa shape index (κ3) is 8.87. The molecule has 15 heteroatoms. The first-order valence-electron chi connectivity index (χ1n) is 16.9. The second kappa shape index (κ2) is 16.5. The molecule has 1 aliphatic carbocycles. The standard InChI is InChI=1S/C37H43N3O11S/c1-21(18-27(42)48-4)38-28(23-14-16-26(41)17-15-23)31(43)39-29-32(44)40-30(37(2,3)52-33(29)40)36(47)51-20-50-35(46)25-12-10-24(11-13-25)34(45)49-19-22-8-6-5-7-9-22/h5-9,14-18,24-25,28-30,33,38,41H,10-13,19-20H2,1-4H3,(H,39,43)/t24?,25?,28?,29-,30+,33-/m1/s1. The molecule has 3 N–H and O–H groups in total. The number of thioether (sulfide) groups is 1. The largest absolute Gasteiger partial charge is 0.508 e. The molecule has 2 aromatic carbocycles. The van der Waals surface area contributed by atoms with Crippen LogP contribution in [-0.4, -0.2) is 81.8 Å². The Hall–Kier alpha value is -5.05. The molecule has 0 bridgehead atoms. The highest BCUT2D eigenvalue weighted by molar-refractivity contribution is 8.01. The van der Waals surface area contributed by atoms with Crippen molar-refractivity contribution in [2.45, 2.75) is 81.3 Å². The predicted molar refractivity (Wildman–Crippen MR) is 187 cm³/mol. The number of allylic oxidation sites excluding steroid dienone is 1. The van der Waals surface area contributed by atoms with Gasteiger partial charge < -0.3 is 39.6 Å². The third-order valence-corrected chi connectivity index (χ3v) is 10.9. The number of carbonyl (C=O) groups excluding carboxylic acids is 6. The van der Waals surface area contributed by atoms with Gasteiger partial charge in [-0.1, -0.05) is 42.5 Å². The Morgan fingerprint density at radius 2 is 1.52 bits per heavy atom. The van der Waals surface area contributed by atoms with E-state index in [0.29, 0.717) is 36.9 Å². The van der Waals surface area contributed by atoms with Gasteiger partial charge in [0.2, 0.25) is 18.6 Å². The van der Waals surface area contributed by atoms with E-state index in [1.54, 1.807) is 20.8 Å². The molecule has 1 saturated carbocycles. The maximum absolute atomic E-state index is 13.6. The minimum absolute atomic E-state index is 0.00657. The zero-order valence-electron chi connectivity index (χ0n) is 29.4. The van der Waals surface area contributed by atoms with Gasteiger partial charge in [-0.3, -0.25) is 19.2 Å². The number of nitrogens with zero attached hydrogens (tertiary/aromatic N) is 1. The number of carbonyl (C=O) groups is 6. The highest BCUT2D eigenvalue weighted by Crippen LogP contribution is 2.51. The third-order valence-electron chi connectivity index (χ3n) is 9.38. The fraction of sp³-hybridized carbons (Fsp3) is 0.459. The van der Waals surface area contributed by atoms with Crippen molar-refractivity contribution >= 4 is 47.5 Å². The lowest BCUT2D eigenvalue weighted by Crippen LogP contribution is -2.71. The number of methoxy groups -OCH3 is 1. The van der Waals surface area contributed by atoms with Gasteiger partial charge in [0.05, 0.1) is 18.9 Å². The van der Waals surface area contributed by atoms with Crippen molar-refractivity contribution in [3.8, 4) is 5.75 Å². The quantitative estimate of drug-likeness (QED) is 0.0895. The molecule has 0 aromatic heterocycles. The van der Waals surface area contributed by atoms with Crippen LogP contribution in [0.3, 0.4) is 0 Å². The number of nitrogens with one attached hydrogen (secondary N) is 2. The number of phenols is 1. The van der Waals surface area contributed by atoms with Gasteiger partial charge in [0, 0.05) is 16.5 Å². The molecule has 14 nitrogen and oxygen atoms in total. The molecule has 52 heavy (non-hydrogen) atoms. The summed E-state index contributed by atoms with van der Waals surface area (Å²) in [4.78, 5) is 78.7. The number of ether oxygens (including phenoxy) is 4. The van der Waals surface area contributed by atoms with Crippen molar-refractivity contribution < 1.29 is 52.8 Å². The lowest BCUT2D eigenvalue weighted by molar-refractivity contribution is -0.179. The van der Waals surface area contributed by atoms with Crippen LogP contribution in [0.4, 0.5) is 0 Å². The number of phenolic OH excluding ortho intramolecular Hbond substituents is 1. The lowest BCUT2D eigenvalue weighted by Gasteiger charge is -2.44. The number of benzene rings is 2. The summed E-state index contributed by atoms with van der Waals surface area (Å²) in [6, 6.07) is 12.3. The molecule has 278 valence electrons. The van der Waals surface area contributed by atoms with Gasteiger partial charge in [-0.25, -0.2) is 9.59 Å². The van der Waals surface area contributed by atoms with Gasteiger partial charge in [-0.05, 0) is 69.7 Å². The van der Waals surface area contributed by atoms with E-state index in [9.17, 15) is 33.9 Å². The molecule has 2 aromatic rings. The van der Waals surface area contributed by atoms with Crippen LogP contribution < -0.4 is 10.6 Å². The van der Waals surface area contributed by atoms with Gasteiger partial charge >= 0.3 is 23.9 Å².